The second-order valence-corrected chi connectivity index (χ2v) is 9.26. The molecule has 0 bridgehead atoms. The molecule has 0 saturated heterocycles. The van der Waals surface area contributed by atoms with Crippen LogP contribution in [0.3, 0.4) is 0 Å². The minimum Gasteiger partial charge on any atom is -0.468 e. The molecule has 0 fully saturated rings. The number of carbonyl (C=O) groups excluding carboxylic acids is 1. The first-order valence-electron chi connectivity index (χ1n) is 10.1. The van der Waals surface area contributed by atoms with Gasteiger partial charge in [0.2, 0.25) is 15.9 Å². The largest absolute Gasteiger partial charge is 0.468 e. The predicted molar refractivity (Wildman–Crippen MR) is 119 cm³/mol. The Morgan fingerprint density at radius 1 is 1.09 bits per heavy atom. The van der Waals surface area contributed by atoms with E-state index in [4.69, 9.17) is 4.42 Å². The molecular formula is C24H21F3N2O4S. The van der Waals surface area contributed by atoms with Crippen molar-refractivity contribution in [3.63, 3.8) is 0 Å². The third kappa shape index (κ3) is 6.73. The smallest absolute Gasteiger partial charge is 0.416 e. The van der Waals surface area contributed by atoms with Crippen LogP contribution in [0.1, 0.15) is 22.5 Å². The quantitative estimate of drug-likeness (QED) is 0.509. The average Bonchev–Trinajstić information content (AvgIpc) is 3.29. The Bertz CT molecular complexity index is 1290. The first-order valence-corrected chi connectivity index (χ1v) is 11.5. The van der Waals surface area contributed by atoms with Crippen molar-refractivity contribution < 1.29 is 30.8 Å². The number of nitrogens with one attached hydrogen (secondary N) is 1. The molecule has 0 saturated carbocycles. The first kappa shape index (κ1) is 25.1. The van der Waals surface area contributed by atoms with Crippen molar-refractivity contribution in [2.45, 2.75) is 24.5 Å². The van der Waals surface area contributed by atoms with Crippen molar-refractivity contribution in [1.29, 1.82) is 0 Å². The van der Waals surface area contributed by atoms with Gasteiger partial charge in [-0.1, -0.05) is 35.6 Å². The van der Waals surface area contributed by atoms with Gasteiger partial charge in [0, 0.05) is 5.56 Å². The van der Waals surface area contributed by atoms with Crippen molar-refractivity contribution in [2.24, 2.45) is 0 Å². The van der Waals surface area contributed by atoms with Gasteiger partial charge in [-0.25, -0.2) is 8.42 Å². The van der Waals surface area contributed by atoms with E-state index in [9.17, 15) is 26.4 Å². The van der Waals surface area contributed by atoms with Gasteiger partial charge in [0.15, 0.2) is 0 Å². The maximum atomic E-state index is 13.1. The highest BCUT2D eigenvalue weighted by atomic mass is 32.2. The monoisotopic (exact) mass is 490 g/mol. The average molecular weight is 491 g/mol. The summed E-state index contributed by atoms with van der Waals surface area (Å²) in [7, 11) is -4.01. The van der Waals surface area contributed by atoms with Crippen LogP contribution < -0.4 is 5.32 Å². The van der Waals surface area contributed by atoms with Crippen molar-refractivity contribution in [2.75, 3.05) is 13.1 Å². The van der Waals surface area contributed by atoms with E-state index < -0.39 is 34.2 Å². The third-order valence-electron chi connectivity index (χ3n) is 4.69. The highest BCUT2D eigenvalue weighted by molar-refractivity contribution is 7.89. The lowest BCUT2D eigenvalue weighted by molar-refractivity contribution is -0.137. The molecular weight excluding hydrogens is 469 g/mol. The fourth-order valence-electron chi connectivity index (χ4n) is 2.94. The molecule has 0 aliphatic rings. The summed E-state index contributed by atoms with van der Waals surface area (Å²) in [6, 6.07) is 13.9. The van der Waals surface area contributed by atoms with Crippen molar-refractivity contribution in [1.82, 2.24) is 9.62 Å². The van der Waals surface area contributed by atoms with Gasteiger partial charge >= 0.3 is 6.18 Å². The van der Waals surface area contributed by atoms with Crippen LogP contribution in [0.15, 0.2) is 76.2 Å². The number of hydrogen-bond donors (Lipinski definition) is 1. The molecule has 0 spiro atoms. The Morgan fingerprint density at radius 3 is 2.47 bits per heavy atom. The van der Waals surface area contributed by atoms with E-state index in [1.165, 1.54) is 30.5 Å². The summed E-state index contributed by atoms with van der Waals surface area (Å²) < 4.78 is 70.8. The Balaban J connectivity index is 1.68. The molecule has 0 aliphatic heterocycles. The number of benzene rings is 2. The van der Waals surface area contributed by atoms with Crippen molar-refractivity contribution in [3.8, 4) is 11.8 Å². The van der Waals surface area contributed by atoms with Crippen molar-refractivity contribution >= 4 is 15.9 Å². The number of carbonyl (C=O) groups is 1. The number of alkyl halides is 3. The van der Waals surface area contributed by atoms with Crippen molar-refractivity contribution in [3.05, 3.63) is 89.4 Å². The molecule has 0 atom stereocenters. The molecule has 3 aromatic rings. The molecule has 0 aliphatic carbocycles. The topological polar surface area (TPSA) is 79.6 Å². The summed E-state index contributed by atoms with van der Waals surface area (Å²) in [4.78, 5) is 12.5. The summed E-state index contributed by atoms with van der Waals surface area (Å²) in [6.45, 7) is 0.994. The fourth-order valence-corrected chi connectivity index (χ4v) is 4.30. The van der Waals surface area contributed by atoms with Crippen LogP contribution >= 0.6 is 0 Å². The maximum absolute atomic E-state index is 13.1. The van der Waals surface area contributed by atoms with Gasteiger partial charge in [0.25, 0.3) is 0 Å². The third-order valence-corrected chi connectivity index (χ3v) is 6.49. The lowest BCUT2D eigenvalue weighted by atomic mass is 10.1. The molecule has 34 heavy (non-hydrogen) atoms. The summed E-state index contributed by atoms with van der Waals surface area (Å²) in [6.07, 6.45) is -3.08. The number of nitrogens with zero attached hydrogens (tertiary/aromatic N) is 1. The number of rotatable bonds is 7. The van der Waals surface area contributed by atoms with Crippen LogP contribution in [0.5, 0.6) is 0 Å². The molecule has 10 heteroatoms. The maximum Gasteiger partial charge on any atom is 0.416 e. The molecule has 1 amide bonds. The Kier molecular flexibility index (Phi) is 7.81. The second-order valence-electron chi connectivity index (χ2n) is 7.32. The molecule has 3 rings (SSSR count). The van der Waals surface area contributed by atoms with Gasteiger partial charge < -0.3 is 9.73 Å². The van der Waals surface area contributed by atoms with Crippen LogP contribution in [0.25, 0.3) is 0 Å². The van der Waals surface area contributed by atoms with Crippen LogP contribution in [0.2, 0.25) is 0 Å². The van der Waals surface area contributed by atoms with E-state index in [-0.39, 0.29) is 23.5 Å². The number of halogens is 3. The Morgan fingerprint density at radius 2 is 1.82 bits per heavy atom. The fraction of sp³-hybridized carbons (Fsp3) is 0.208. The van der Waals surface area contributed by atoms with Crippen LogP contribution in [-0.4, -0.2) is 31.7 Å². The number of sulfonamides is 1. The molecule has 1 N–H and O–H groups in total. The van der Waals surface area contributed by atoms with Gasteiger partial charge in [-0.05, 0) is 49.4 Å². The number of hydrogen-bond acceptors (Lipinski definition) is 4. The van der Waals surface area contributed by atoms with E-state index in [0.717, 1.165) is 22.0 Å². The summed E-state index contributed by atoms with van der Waals surface area (Å²) in [5.74, 6) is 4.85. The minimum absolute atomic E-state index is 0.0294. The van der Waals surface area contributed by atoms with E-state index in [0.29, 0.717) is 5.76 Å². The summed E-state index contributed by atoms with van der Waals surface area (Å²) in [5.41, 5.74) is 0.206. The van der Waals surface area contributed by atoms with Gasteiger partial charge in [-0.3, -0.25) is 4.79 Å². The zero-order valence-corrected chi connectivity index (χ0v) is 18.9. The zero-order valence-electron chi connectivity index (χ0n) is 18.1. The zero-order chi connectivity index (χ0) is 24.8. The normalized spacial score (nSPS) is 11.7. The van der Waals surface area contributed by atoms with E-state index >= 15 is 0 Å². The van der Waals surface area contributed by atoms with E-state index in [2.05, 4.69) is 17.2 Å². The molecule has 1 heterocycles. The van der Waals surface area contributed by atoms with Gasteiger partial charge in [-0.2, -0.15) is 17.5 Å². The molecule has 0 radical (unpaired) electrons. The standard InChI is InChI=1S/C24H21F3N2O4S/c1-18-9-11-22(12-10-18)34(31,32)29(16-21-8-4-14-33-21)17-23(30)28-13-3-6-19-5-2-7-20(15-19)24(25,26)27/h2,4-5,7-12,14-15H,13,16-17H2,1H3,(H,28,30). The van der Waals surface area contributed by atoms with Crippen LogP contribution in [0.4, 0.5) is 13.2 Å². The second kappa shape index (κ2) is 10.6. The molecule has 2 aromatic carbocycles. The SMILES string of the molecule is Cc1ccc(S(=O)(=O)N(CC(=O)NCC#Cc2cccc(C(F)(F)F)c2)Cc2ccco2)cc1. The van der Waals surface area contributed by atoms with Gasteiger partial charge in [0.1, 0.15) is 5.76 Å². The molecule has 1 aromatic heterocycles. The van der Waals surface area contributed by atoms with Gasteiger partial charge in [0.05, 0.1) is 36.4 Å². The van der Waals surface area contributed by atoms with Crippen LogP contribution in [0, 0.1) is 18.8 Å². The van der Waals surface area contributed by atoms with E-state index in [1.54, 1.807) is 24.3 Å². The van der Waals surface area contributed by atoms with Gasteiger partial charge in [-0.15, -0.1) is 0 Å². The minimum atomic E-state index is -4.48. The number of aryl methyl sites for hydroxylation is 1. The summed E-state index contributed by atoms with van der Waals surface area (Å²) >= 11 is 0. The number of furan rings is 1. The number of amides is 1. The first-order chi connectivity index (χ1) is 16.1. The highest BCUT2D eigenvalue weighted by Gasteiger charge is 2.30. The molecule has 178 valence electrons. The lowest BCUT2D eigenvalue weighted by Gasteiger charge is -2.20. The Hall–Kier alpha value is -3.55. The Labute approximate surface area is 195 Å². The predicted octanol–water partition coefficient (Wildman–Crippen LogP) is 3.97. The van der Waals surface area contributed by atoms with E-state index in [1.807, 2.05) is 6.92 Å². The molecule has 0 unspecified atom stereocenters. The summed E-state index contributed by atoms with van der Waals surface area (Å²) in [5, 5.41) is 2.47. The highest BCUT2D eigenvalue weighted by Crippen LogP contribution is 2.29. The van der Waals surface area contributed by atoms with Crippen LogP contribution in [-0.2, 0) is 27.5 Å². The lowest BCUT2D eigenvalue weighted by Crippen LogP contribution is -2.40. The molecule has 6 nitrogen and oxygen atoms in total.